The van der Waals surface area contributed by atoms with Crippen molar-refractivity contribution < 1.29 is 0 Å². The molecular formula is C20H16Cl2N6. The lowest BCUT2D eigenvalue weighted by Gasteiger charge is -2.11. The van der Waals surface area contributed by atoms with E-state index in [2.05, 4.69) is 25.3 Å². The Hall–Kier alpha value is -3.01. The molecule has 1 N–H and O–H groups in total. The number of rotatable bonds is 4. The molecule has 0 radical (unpaired) electrons. The fraction of sp³-hybridized carbons (Fsp3) is 0.150. The van der Waals surface area contributed by atoms with Gasteiger partial charge >= 0.3 is 0 Å². The largest absolute Gasteiger partial charge is 0.325 e. The van der Waals surface area contributed by atoms with Crippen molar-refractivity contribution in [3.05, 3.63) is 69.2 Å². The highest BCUT2D eigenvalue weighted by Crippen LogP contribution is 2.30. The minimum Gasteiger partial charge on any atom is -0.325 e. The van der Waals surface area contributed by atoms with Crippen LogP contribution in [0.3, 0.4) is 0 Å². The molecule has 0 fully saturated rings. The quantitative estimate of drug-likeness (QED) is 0.569. The van der Waals surface area contributed by atoms with Crippen molar-refractivity contribution in [3.8, 4) is 6.07 Å². The number of benzene rings is 1. The van der Waals surface area contributed by atoms with E-state index < -0.39 is 0 Å². The van der Waals surface area contributed by atoms with Gasteiger partial charge in [-0.2, -0.15) is 5.26 Å². The number of aromatic nitrogens is 3. The summed E-state index contributed by atoms with van der Waals surface area (Å²) in [6, 6.07) is 8.82. The summed E-state index contributed by atoms with van der Waals surface area (Å²) in [5.41, 5.74) is 4.05. The van der Waals surface area contributed by atoms with Gasteiger partial charge in [-0.3, -0.25) is 4.99 Å². The molecule has 0 aliphatic carbocycles. The van der Waals surface area contributed by atoms with Gasteiger partial charge in [-0.15, -0.1) is 0 Å². The zero-order valence-corrected chi connectivity index (χ0v) is 17.0. The standard InChI is InChI=1S/C20H16Cl2N6/c1-11-6-18(26-10-25-11)28-20-12(2)17(4-5-24-20)27-13(3)19-15(21)7-14(9-23)8-16(19)22/h4-8,10H,1-3H3,(H,24,25,26,28). The van der Waals surface area contributed by atoms with E-state index >= 15 is 0 Å². The number of anilines is 2. The Morgan fingerprint density at radius 2 is 1.82 bits per heavy atom. The van der Waals surface area contributed by atoms with Gasteiger partial charge in [0.25, 0.3) is 0 Å². The minimum absolute atomic E-state index is 0.381. The van der Waals surface area contributed by atoms with Crippen LogP contribution in [0.15, 0.2) is 41.8 Å². The number of nitrogens with zero attached hydrogens (tertiary/aromatic N) is 5. The average molecular weight is 411 g/mol. The molecule has 3 aromatic rings. The summed E-state index contributed by atoms with van der Waals surface area (Å²) in [5, 5.41) is 13.0. The number of hydrogen-bond acceptors (Lipinski definition) is 6. The molecule has 140 valence electrons. The number of nitriles is 1. The highest BCUT2D eigenvalue weighted by Gasteiger charge is 2.13. The maximum atomic E-state index is 9.04. The summed E-state index contributed by atoms with van der Waals surface area (Å²) < 4.78 is 0. The highest BCUT2D eigenvalue weighted by atomic mass is 35.5. The Bertz CT molecular complexity index is 1090. The molecule has 1 aromatic carbocycles. The Morgan fingerprint density at radius 1 is 1.11 bits per heavy atom. The summed E-state index contributed by atoms with van der Waals surface area (Å²) in [6.07, 6.45) is 3.16. The minimum atomic E-state index is 0.381. The van der Waals surface area contributed by atoms with Gasteiger partial charge < -0.3 is 5.32 Å². The third-order valence-electron chi connectivity index (χ3n) is 4.05. The zero-order valence-electron chi connectivity index (χ0n) is 15.5. The average Bonchev–Trinajstić information content (AvgIpc) is 2.64. The first-order valence-corrected chi connectivity index (χ1v) is 9.10. The molecule has 2 aromatic heterocycles. The molecule has 0 unspecified atom stereocenters. The molecule has 0 aliphatic rings. The van der Waals surface area contributed by atoms with Crippen molar-refractivity contribution in [3.63, 3.8) is 0 Å². The van der Waals surface area contributed by atoms with Gasteiger partial charge in [-0.05, 0) is 39.0 Å². The molecule has 0 bridgehead atoms. The summed E-state index contributed by atoms with van der Waals surface area (Å²) in [5.74, 6) is 1.29. The second-order valence-corrected chi connectivity index (χ2v) is 6.91. The van der Waals surface area contributed by atoms with Gasteiger partial charge in [0.2, 0.25) is 0 Å². The Labute approximate surface area is 172 Å². The van der Waals surface area contributed by atoms with Crippen LogP contribution < -0.4 is 5.32 Å². The van der Waals surface area contributed by atoms with E-state index in [9.17, 15) is 0 Å². The topological polar surface area (TPSA) is 86.8 Å². The predicted molar refractivity (Wildman–Crippen MR) is 112 cm³/mol. The van der Waals surface area contributed by atoms with Crippen LogP contribution in [-0.4, -0.2) is 20.7 Å². The molecular weight excluding hydrogens is 395 g/mol. The molecule has 2 heterocycles. The fourth-order valence-electron chi connectivity index (χ4n) is 2.64. The summed E-state index contributed by atoms with van der Waals surface area (Å²) in [7, 11) is 0. The number of nitrogens with one attached hydrogen (secondary N) is 1. The van der Waals surface area contributed by atoms with E-state index in [1.165, 1.54) is 6.33 Å². The Balaban J connectivity index is 1.98. The first-order chi connectivity index (χ1) is 13.4. The van der Waals surface area contributed by atoms with Gasteiger partial charge in [-0.25, -0.2) is 15.0 Å². The van der Waals surface area contributed by atoms with Crippen LogP contribution >= 0.6 is 23.2 Å². The maximum absolute atomic E-state index is 9.04. The fourth-order valence-corrected chi connectivity index (χ4v) is 3.40. The van der Waals surface area contributed by atoms with Gasteiger partial charge in [0.15, 0.2) is 0 Å². The third-order valence-corrected chi connectivity index (χ3v) is 4.64. The number of aryl methyl sites for hydroxylation is 1. The number of pyridine rings is 1. The molecule has 0 spiro atoms. The predicted octanol–water partition coefficient (Wildman–Crippen LogP) is 5.55. The SMILES string of the molecule is CC(=Nc1ccnc(Nc2cc(C)ncn2)c1C)c1c(Cl)cc(C#N)cc1Cl. The van der Waals surface area contributed by atoms with Crippen molar-refractivity contribution >= 4 is 46.2 Å². The summed E-state index contributed by atoms with van der Waals surface area (Å²) in [4.78, 5) is 17.3. The van der Waals surface area contributed by atoms with E-state index in [0.717, 1.165) is 16.9 Å². The van der Waals surface area contributed by atoms with Gasteiger partial charge in [-0.1, -0.05) is 23.2 Å². The molecule has 6 nitrogen and oxygen atoms in total. The van der Waals surface area contributed by atoms with Gasteiger partial charge in [0, 0.05) is 34.8 Å². The molecule has 0 atom stereocenters. The van der Waals surface area contributed by atoms with Crippen LogP contribution in [0, 0.1) is 25.2 Å². The molecule has 28 heavy (non-hydrogen) atoms. The first kappa shape index (κ1) is 19.7. The molecule has 0 amide bonds. The molecule has 8 heteroatoms. The summed E-state index contributed by atoms with van der Waals surface area (Å²) >= 11 is 12.6. The molecule has 0 aliphatic heterocycles. The van der Waals surface area contributed by atoms with E-state index in [-0.39, 0.29) is 0 Å². The Kier molecular flexibility index (Phi) is 5.88. The lowest BCUT2D eigenvalue weighted by Crippen LogP contribution is -2.01. The van der Waals surface area contributed by atoms with E-state index in [1.807, 2.05) is 32.9 Å². The van der Waals surface area contributed by atoms with Crippen LogP contribution in [0.2, 0.25) is 10.0 Å². The van der Waals surface area contributed by atoms with Crippen LogP contribution in [-0.2, 0) is 0 Å². The van der Waals surface area contributed by atoms with Gasteiger partial charge in [0.05, 0.1) is 27.4 Å². The second kappa shape index (κ2) is 8.34. The molecule has 3 rings (SSSR count). The van der Waals surface area contributed by atoms with Crippen LogP contribution in [0.4, 0.5) is 17.3 Å². The lowest BCUT2D eigenvalue weighted by atomic mass is 10.1. The van der Waals surface area contributed by atoms with E-state index in [1.54, 1.807) is 24.4 Å². The smallest absolute Gasteiger partial charge is 0.136 e. The number of aliphatic imine (C=N–C) groups is 1. The van der Waals surface area contributed by atoms with Crippen molar-refractivity contribution in [1.29, 1.82) is 5.26 Å². The van der Waals surface area contributed by atoms with E-state index in [4.69, 9.17) is 28.5 Å². The number of halogens is 2. The second-order valence-electron chi connectivity index (χ2n) is 6.10. The zero-order chi connectivity index (χ0) is 20.3. The monoisotopic (exact) mass is 410 g/mol. The van der Waals surface area contributed by atoms with Gasteiger partial charge in [0.1, 0.15) is 18.0 Å². The Morgan fingerprint density at radius 3 is 2.46 bits per heavy atom. The maximum Gasteiger partial charge on any atom is 0.136 e. The molecule has 0 saturated carbocycles. The highest BCUT2D eigenvalue weighted by molar-refractivity contribution is 6.40. The van der Waals surface area contributed by atoms with Crippen LogP contribution in [0.1, 0.15) is 29.3 Å². The van der Waals surface area contributed by atoms with Crippen LogP contribution in [0.25, 0.3) is 0 Å². The summed E-state index contributed by atoms with van der Waals surface area (Å²) in [6.45, 7) is 5.62. The third kappa shape index (κ3) is 4.28. The van der Waals surface area contributed by atoms with Crippen molar-refractivity contribution in [2.24, 2.45) is 4.99 Å². The number of hydrogen-bond donors (Lipinski definition) is 1. The van der Waals surface area contributed by atoms with Crippen molar-refractivity contribution in [2.45, 2.75) is 20.8 Å². The van der Waals surface area contributed by atoms with Crippen molar-refractivity contribution in [2.75, 3.05) is 5.32 Å². The first-order valence-electron chi connectivity index (χ1n) is 8.35. The lowest BCUT2D eigenvalue weighted by molar-refractivity contribution is 1.10. The van der Waals surface area contributed by atoms with Crippen molar-refractivity contribution in [1.82, 2.24) is 15.0 Å². The van der Waals surface area contributed by atoms with E-state index in [0.29, 0.717) is 38.5 Å². The van der Waals surface area contributed by atoms with Crippen LogP contribution in [0.5, 0.6) is 0 Å². The molecule has 0 saturated heterocycles. The normalized spacial score (nSPS) is 11.2.